The molecule has 96 valence electrons. The van der Waals surface area contributed by atoms with E-state index in [2.05, 4.69) is 23.5 Å². The molecule has 1 saturated heterocycles. The van der Waals surface area contributed by atoms with Gasteiger partial charge < -0.3 is 4.90 Å². The summed E-state index contributed by atoms with van der Waals surface area (Å²) < 4.78 is 26.6. The van der Waals surface area contributed by atoms with Gasteiger partial charge in [0.25, 0.3) is 0 Å². The zero-order chi connectivity index (χ0) is 12.3. The molecule has 16 heavy (non-hydrogen) atoms. The Morgan fingerprint density at radius 3 is 2.00 bits per heavy atom. The van der Waals surface area contributed by atoms with Crippen LogP contribution in [0.1, 0.15) is 40.5 Å². The zero-order valence-corrected chi connectivity index (χ0v) is 11.5. The van der Waals surface area contributed by atoms with Gasteiger partial charge in [-0.1, -0.05) is 0 Å². The van der Waals surface area contributed by atoms with Crippen molar-refractivity contribution in [1.29, 1.82) is 0 Å². The zero-order valence-electron chi connectivity index (χ0n) is 10.7. The van der Waals surface area contributed by atoms with Gasteiger partial charge in [-0.15, -0.1) is 0 Å². The van der Waals surface area contributed by atoms with Crippen molar-refractivity contribution in [2.45, 2.75) is 57.9 Å². The second-order valence-corrected chi connectivity index (χ2v) is 7.14. The predicted octanol–water partition coefficient (Wildman–Crippen LogP) is 1.19. The molecule has 0 bridgehead atoms. The van der Waals surface area contributed by atoms with Gasteiger partial charge in [0.2, 0.25) is 10.0 Å². The first-order chi connectivity index (χ1) is 7.33. The van der Waals surface area contributed by atoms with Gasteiger partial charge in [-0.25, -0.2) is 13.1 Å². The van der Waals surface area contributed by atoms with Crippen LogP contribution >= 0.6 is 0 Å². The maximum atomic E-state index is 11.9. The average Bonchev–Trinajstić information content (AvgIpc) is 2.16. The van der Waals surface area contributed by atoms with E-state index < -0.39 is 10.0 Å². The van der Waals surface area contributed by atoms with Crippen molar-refractivity contribution < 1.29 is 8.42 Å². The maximum Gasteiger partial charge on any atom is 0.214 e. The lowest BCUT2D eigenvalue weighted by molar-refractivity contribution is 0.185. The highest BCUT2D eigenvalue weighted by Gasteiger charge is 2.30. The molecule has 0 aromatic carbocycles. The molecule has 0 aromatic heterocycles. The first kappa shape index (κ1) is 13.9. The normalized spacial score (nSPS) is 20.9. The van der Waals surface area contributed by atoms with Crippen molar-refractivity contribution in [2.75, 3.05) is 13.1 Å². The van der Waals surface area contributed by atoms with Gasteiger partial charge in [-0.2, -0.15) is 0 Å². The quantitative estimate of drug-likeness (QED) is 0.813. The summed E-state index contributed by atoms with van der Waals surface area (Å²) in [5, 5.41) is -0.204. The molecule has 0 spiro atoms. The van der Waals surface area contributed by atoms with Crippen LogP contribution in [-0.2, 0) is 10.0 Å². The molecule has 1 N–H and O–H groups in total. The minimum Gasteiger partial charge on any atom is -0.301 e. The summed E-state index contributed by atoms with van der Waals surface area (Å²) in [6, 6.07) is 0.509. The van der Waals surface area contributed by atoms with E-state index in [0.29, 0.717) is 6.04 Å². The Morgan fingerprint density at radius 1 is 1.12 bits per heavy atom. The maximum absolute atomic E-state index is 11.9. The topological polar surface area (TPSA) is 49.4 Å². The Bertz CT molecular complexity index is 304. The van der Waals surface area contributed by atoms with Gasteiger partial charge in [0.05, 0.1) is 5.25 Å². The smallest absolute Gasteiger partial charge is 0.214 e. The van der Waals surface area contributed by atoms with Crippen molar-refractivity contribution in [3.63, 3.8) is 0 Å². The fourth-order valence-corrected chi connectivity index (χ4v) is 3.81. The summed E-state index contributed by atoms with van der Waals surface area (Å²) in [7, 11) is -3.11. The van der Waals surface area contributed by atoms with Crippen LogP contribution in [0.3, 0.4) is 0 Å². The van der Waals surface area contributed by atoms with Crippen molar-refractivity contribution in [1.82, 2.24) is 9.62 Å². The predicted molar refractivity (Wildman–Crippen MR) is 66.9 cm³/mol. The summed E-state index contributed by atoms with van der Waals surface area (Å²) in [5.74, 6) is 0. The third-order valence-electron chi connectivity index (χ3n) is 3.05. The molecule has 0 aromatic rings. The van der Waals surface area contributed by atoms with Crippen LogP contribution in [0, 0.1) is 0 Å². The van der Waals surface area contributed by atoms with Gasteiger partial charge in [0.1, 0.15) is 0 Å². The molecule has 1 aliphatic rings. The molecule has 0 atom stereocenters. The third kappa shape index (κ3) is 3.71. The number of likely N-dealkylation sites (tertiary alicyclic amines) is 1. The molecule has 1 aliphatic heterocycles. The number of nitrogens with one attached hydrogen (secondary N) is 1. The fraction of sp³-hybridized carbons (Fsp3) is 1.00. The Labute approximate surface area is 99.5 Å². The number of nitrogens with zero attached hydrogens (tertiary/aromatic N) is 1. The third-order valence-corrected chi connectivity index (χ3v) is 5.19. The Morgan fingerprint density at radius 2 is 1.62 bits per heavy atom. The van der Waals surface area contributed by atoms with E-state index in [1.54, 1.807) is 0 Å². The lowest BCUT2D eigenvalue weighted by Gasteiger charge is -2.34. The Balaban J connectivity index is 2.53. The second kappa shape index (κ2) is 5.47. The van der Waals surface area contributed by atoms with Crippen LogP contribution in [0.15, 0.2) is 0 Å². The minimum atomic E-state index is -3.11. The molecule has 1 rings (SSSR count). The van der Waals surface area contributed by atoms with Crippen molar-refractivity contribution in [3.8, 4) is 0 Å². The Kier molecular flexibility index (Phi) is 4.76. The molecular formula is C11H24N2O2S. The van der Waals surface area contributed by atoms with Gasteiger partial charge in [0.15, 0.2) is 0 Å². The van der Waals surface area contributed by atoms with Crippen molar-refractivity contribution in [3.05, 3.63) is 0 Å². The highest BCUT2D eigenvalue weighted by Crippen LogP contribution is 2.18. The molecule has 4 nitrogen and oxygen atoms in total. The highest BCUT2D eigenvalue weighted by atomic mass is 32.2. The van der Waals surface area contributed by atoms with Gasteiger partial charge in [-0.3, -0.25) is 0 Å². The largest absolute Gasteiger partial charge is 0.301 e. The monoisotopic (exact) mass is 248 g/mol. The first-order valence-electron chi connectivity index (χ1n) is 6.08. The van der Waals surface area contributed by atoms with Crippen LogP contribution in [0.25, 0.3) is 0 Å². The van der Waals surface area contributed by atoms with Crippen LogP contribution in [0.5, 0.6) is 0 Å². The van der Waals surface area contributed by atoms with Gasteiger partial charge in [-0.05, 0) is 53.6 Å². The lowest BCUT2D eigenvalue weighted by Crippen LogP contribution is -2.46. The summed E-state index contributed by atoms with van der Waals surface area (Å²) in [5.41, 5.74) is 0. The van der Waals surface area contributed by atoms with E-state index in [4.69, 9.17) is 0 Å². The standard InChI is InChI=1S/C11H24N2O2S/c1-9(2)12-16(14,15)11-5-7-13(8-6-11)10(3)4/h9-12H,5-8H2,1-4H3. The molecule has 0 saturated carbocycles. The molecule has 0 radical (unpaired) electrons. The van der Waals surface area contributed by atoms with E-state index >= 15 is 0 Å². The summed E-state index contributed by atoms with van der Waals surface area (Å²) in [6.07, 6.45) is 1.50. The number of piperidine rings is 1. The van der Waals surface area contributed by atoms with E-state index in [0.717, 1.165) is 25.9 Å². The van der Waals surface area contributed by atoms with Gasteiger partial charge >= 0.3 is 0 Å². The summed E-state index contributed by atoms with van der Waals surface area (Å²) in [4.78, 5) is 2.33. The molecular weight excluding hydrogens is 224 g/mol. The van der Waals surface area contributed by atoms with E-state index in [-0.39, 0.29) is 11.3 Å². The van der Waals surface area contributed by atoms with Crippen LogP contribution in [0.2, 0.25) is 0 Å². The molecule has 1 heterocycles. The molecule has 1 fully saturated rings. The van der Waals surface area contributed by atoms with Crippen LogP contribution in [0.4, 0.5) is 0 Å². The van der Waals surface area contributed by atoms with Crippen molar-refractivity contribution in [2.24, 2.45) is 0 Å². The highest BCUT2D eigenvalue weighted by molar-refractivity contribution is 7.90. The number of hydrogen-bond donors (Lipinski definition) is 1. The van der Waals surface area contributed by atoms with E-state index in [1.165, 1.54) is 0 Å². The van der Waals surface area contributed by atoms with Gasteiger partial charge in [0, 0.05) is 12.1 Å². The minimum absolute atomic E-state index is 0.00636. The number of hydrogen-bond acceptors (Lipinski definition) is 3. The fourth-order valence-electron chi connectivity index (χ4n) is 2.13. The SMILES string of the molecule is CC(C)NS(=O)(=O)C1CCN(C(C)C)CC1. The average molecular weight is 248 g/mol. The summed E-state index contributed by atoms with van der Waals surface area (Å²) >= 11 is 0. The van der Waals surface area contributed by atoms with Crippen LogP contribution in [-0.4, -0.2) is 43.7 Å². The molecule has 0 aliphatic carbocycles. The summed E-state index contributed by atoms with van der Waals surface area (Å²) in [6.45, 7) is 9.81. The second-order valence-electron chi connectivity index (χ2n) is 5.15. The van der Waals surface area contributed by atoms with Crippen LogP contribution < -0.4 is 4.72 Å². The lowest BCUT2D eigenvalue weighted by atomic mass is 10.1. The van der Waals surface area contributed by atoms with Crippen molar-refractivity contribution >= 4 is 10.0 Å². The number of sulfonamides is 1. The van der Waals surface area contributed by atoms with E-state index in [1.807, 2.05) is 13.8 Å². The molecule has 5 heteroatoms. The number of rotatable bonds is 4. The molecule has 0 amide bonds. The first-order valence-corrected chi connectivity index (χ1v) is 7.62. The van der Waals surface area contributed by atoms with E-state index in [9.17, 15) is 8.42 Å². The molecule has 0 unspecified atom stereocenters. The Hall–Kier alpha value is -0.130.